The molecule has 2 heterocycles. The second-order valence-corrected chi connectivity index (χ2v) is 4.54. The third-order valence-corrected chi connectivity index (χ3v) is 3.20. The van der Waals surface area contributed by atoms with E-state index in [9.17, 15) is 9.59 Å². The van der Waals surface area contributed by atoms with E-state index in [0.717, 1.165) is 5.56 Å². The number of pyridine rings is 1. The number of amides is 2. The summed E-state index contributed by atoms with van der Waals surface area (Å²) in [4.78, 5) is 29.8. The molecule has 3 rings (SSSR count). The van der Waals surface area contributed by atoms with E-state index < -0.39 is 0 Å². The summed E-state index contributed by atoms with van der Waals surface area (Å²) in [6.07, 6.45) is 3.41. The third kappa shape index (κ3) is 2.25. The standard InChI is InChI=1S/C15H13N3O2/c19-14-9-17-15(20)12-5-1-2-6-13(12)18(14)10-11-4-3-7-16-8-11/h1-8H,9-10H2,(H,17,20). The van der Waals surface area contributed by atoms with Gasteiger partial charge in [-0.3, -0.25) is 14.6 Å². The van der Waals surface area contributed by atoms with Gasteiger partial charge in [0.15, 0.2) is 0 Å². The van der Waals surface area contributed by atoms with Crippen molar-refractivity contribution >= 4 is 17.5 Å². The van der Waals surface area contributed by atoms with Gasteiger partial charge >= 0.3 is 0 Å². The van der Waals surface area contributed by atoms with Crippen molar-refractivity contribution in [3.05, 3.63) is 59.9 Å². The Labute approximate surface area is 116 Å². The number of nitrogens with zero attached hydrogens (tertiary/aromatic N) is 2. The smallest absolute Gasteiger partial charge is 0.253 e. The zero-order valence-corrected chi connectivity index (χ0v) is 10.7. The molecule has 2 aromatic rings. The van der Waals surface area contributed by atoms with Crippen LogP contribution in [0.2, 0.25) is 0 Å². The minimum absolute atomic E-state index is 0.00771. The van der Waals surface area contributed by atoms with Crippen molar-refractivity contribution in [2.45, 2.75) is 6.54 Å². The van der Waals surface area contributed by atoms with E-state index in [1.54, 1.807) is 35.5 Å². The lowest BCUT2D eigenvalue weighted by molar-refractivity contribution is -0.117. The Hall–Kier alpha value is -2.69. The first-order chi connectivity index (χ1) is 9.75. The molecule has 0 fully saturated rings. The number of anilines is 1. The fourth-order valence-corrected chi connectivity index (χ4v) is 2.23. The van der Waals surface area contributed by atoms with Crippen LogP contribution in [0.25, 0.3) is 0 Å². The maximum atomic E-state index is 12.2. The van der Waals surface area contributed by atoms with Gasteiger partial charge in [-0.2, -0.15) is 0 Å². The fourth-order valence-electron chi connectivity index (χ4n) is 2.23. The molecule has 0 saturated heterocycles. The fraction of sp³-hybridized carbons (Fsp3) is 0.133. The molecule has 1 aliphatic rings. The maximum absolute atomic E-state index is 12.2. The third-order valence-electron chi connectivity index (χ3n) is 3.20. The van der Waals surface area contributed by atoms with Crippen LogP contribution in [-0.4, -0.2) is 23.3 Å². The lowest BCUT2D eigenvalue weighted by Gasteiger charge is -2.21. The molecule has 0 spiro atoms. The van der Waals surface area contributed by atoms with Gasteiger partial charge in [-0.15, -0.1) is 0 Å². The minimum Gasteiger partial charge on any atom is -0.343 e. The average Bonchev–Trinajstić information content (AvgIpc) is 2.61. The summed E-state index contributed by atoms with van der Waals surface area (Å²) in [5, 5.41) is 2.62. The molecule has 0 saturated carbocycles. The monoisotopic (exact) mass is 267 g/mol. The normalized spacial score (nSPS) is 14.5. The van der Waals surface area contributed by atoms with Crippen molar-refractivity contribution in [2.24, 2.45) is 0 Å². The van der Waals surface area contributed by atoms with Crippen molar-refractivity contribution in [2.75, 3.05) is 11.4 Å². The van der Waals surface area contributed by atoms with Gasteiger partial charge < -0.3 is 10.2 Å². The molecular weight excluding hydrogens is 254 g/mol. The Balaban J connectivity index is 2.01. The molecule has 0 unspecified atom stereocenters. The molecule has 100 valence electrons. The quantitative estimate of drug-likeness (QED) is 0.893. The molecule has 1 aromatic carbocycles. The largest absolute Gasteiger partial charge is 0.343 e. The van der Waals surface area contributed by atoms with Gasteiger partial charge in [0.05, 0.1) is 24.3 Å². The van der Waals surface area contributed by atoms with E-state index in [2.05, 4.69) is 10.3 Å². The second kappa shape index (κ2) is 5.13. The summed E-state index contributed by atoms with van der Waals surface area (Å²) in [6, 6.07) is 10.8. The molecule has 0 aliphatic carbocycles. The van der Waals surface area contributed by atoms with E-state index in [1.807, 2.05) is 18.2 Å². The van der Waals surface area contributed by atoms with Crippen molar-refractivity contribution in [1.29, 1.82) is 0 Å². The summed E-state index contributed by atoms with van der Waals surface area (Å²) in [5.74, 6) is -0.352. The van der Waals surface area contributed by atoms with Crippen molar-refractivity contribution < 1.29 is 9.59 Å². The van der Waals surface area contributed by atoms with Crippen LogP contribution in [0, 0.1) is 0 Å². The maximum Gasteiger partial charge on any atom is 0.253 e. The van der Waals surface area contributed by atoms with E-state index in [1.165, 1.54) is 0 Å². The summed E-state index contributed by atoms with van der Waals surface area (Å²) in [5.41, 5.74) is 2.07. The lowest BCUT2D eigenvalue weighted by Crippen LogP contribution is -2.36. The Morgan fingerprint density at radius 1 is 1.15 bits per heavy atom. The van der Waals surface area contributed by atoms with Crippen LogP contribution >= 0.6 is 0 Å². The van der Waals surface area contributed by atoms with Crippen molar-refractivity contribution in [1.82, 2.24) is 10.3 Å². The summed E-state index contributed by atoms with van der Waals surface area (Å²) in [7, 11) is 0. The lowest BCUT2D eigenvalue weighted by atomic mass is 10.1. The Bertz CT molecular complexity index is 655. The van der Waals surface area contributed by atoms with Gasteiger partial charge in [0.1, 0.15) is 0 Å². The van der Waals surface area contributed by atoms with Crippen LogP contribution in [0.15, 0.2) is 48.8 Å². The van der Waals surface area contributed by atoms with E-state index in [4.69, 9.17) is 0 Å². The zero-order valence-electron chi connectivity index (χ0n) is 10.7. The minimum atomic E-state index is -0.220. The van der Waals surface area contributed by atoms with Gasteiger partial charge in [-0.25, -0.2) is 0 Å². The molecule has 5 nitrogen and oxygen atoms in total. The number of aromatic nitrogens is 1. The number of nitrogens with one attached hydrogen (secondary N) is 1. The first-order valence-corrected chi connectivity index (χ1v) is 6.32. The summed E-state index contributed by atoms with van der Waals surface area (Å²) in [6.45, 7) is 0.409. The van der Waals surface area contributed by atoms with E-state index >= 15 is 0 Å². The van der Waals surface area contributed by atoms with Gasteiger partial charge in [0, 0.05) is 12.4 Å². The highest BCUT2D eigenvalue weighted by molar-refractivity contribution is 6.09. The van der Waals surface area contributed by atoms with Crippen LogP contribution in [0.5, 0.6) is 0 Å². The molecule has 0 atom stereocenters. The molecule has 0 radical (unpaired) electrons. The number of fused-ring (bicyclic) bond motifs is 1. The van der Waals surface area contributed by atoms with Crippen molar-refractivity contribution in [3.8, 4) is 0 Å². The van der Waals surface area contributed by atoms with Crippen LogP contribution in [0.1, 0.15) is 15.9 Å². The summed E-state index contributed by atoms with van der Waals surface area (Å²) < 4.78 is 0. The van der Waals surface area contributed by atoms with Crippen LogP contribution in [-0.2, 0) is 11.3 Å². The number of benzene rings is 1. The number of carbonyl (C=O) groups excluding carboxylic acids is 2. The highest BCUT2D eigenvalue weighted by Gasteiger charge is 2.25. The summed E-state index contributed by atoms with van der Waals surface area (Å²) >= 11 is 0. The van der Waals surface area contributed by atoms with Gasteiger partial charge in [0.2, 0.25) is 5.91 Å². The Kier molecular flexibility index (Phi) is 3.16. The van der Waals surface area contributed by atoms with Gasteiger partial charge in [-0.05, 0) is 23.8 Å². The number of hydrogen-bond acceptors (Lipinski definition) is 3. The van der Waals surface area contributed by atoms with Crippen molar-refractivity contribution in [3.63, 3.8) is 0 Å². The number of rotatable bonds is 2. The Morgan fingerprint density at radius 3 is 2.80 bits per heavy atom. The Morgan fingerprint density at radius 2 is 2.00 bits per heavy atom. The molecule has 1 aromatic heterocycles. The second-order valence-electron chi connectivity index (χ2n) is 4.54. The topological polar surface area (TPSA) is 62.3 Å². The first-order valence-electron chi connectivity index (χ1n) is 6.32. The molecule has 1 aliphatic heterocycles. The zero-order chi connectivity index (χ0) is 13.9. The predicted octanol–water partition coefficient (Wildman–Crippen LogP) is 1.36. The van der Waals surface area contributed by atoms with Crippen LogP contribution in [0.4, 0.5) is 5.69 Å². The highest BCUT2D eigenvalue weighted by Crippen LogP contribution is 2.24. The molecule has 20 heavy (non-hydrogen) atoms. The molecule has 0 bridgehead atoms. The number of para-hydroxylation sites is 1. The highest BCUT2D eigenvalue weighted by atomic mass is 16.2. The number of carbonyl (C=O) groups is 2. The van der Waals surface area contributed by atoms with E-state index in [0.29, 0.717) is 17.8 Å². The van der Waals surface area contributed by atoms with Crippen LogP contribution in [0.3, 0.4) is 0 Å². The van der Waals surface area contributed by atoms with Gasteiger partial charge in [-0.1, -0.05) is 18.2 Å². The first kappa shape index (κ1) is 12.3. The SMILES string of the molecule is O=C1NCC(=O)N(Cc2cccnc2)c2ccccc21. The van der Waals surface area contributed by atoms with E-state index in [-0.39, 0.29) is 18.4 Å². The molecule has 1 N–H and O–H groups in total. The average molecular weight is 267 g/mol. The predicted molar refractivity (Wildman–Crippen MR) is 74.2 cm³/mol. The number of hydrogen-bond donors (Lipinski definition) is 1. The molecule has 2 amide bonds. The molecule has 5 heteroatoms. The van der Waals surface area contributed by atoms with Gasteiger partial charge in [0.25, 0.3) is 5.91 Å². The molecular formula is C15H13N3O2. The van der Waals surface area contributed by atoms with Crippen LogP contribution < -0.4 is 10.2 Å².